The van der Waals surface area contributed by atoms with E-state index in [0.29, 0.717) is 24.4 Å². The Balaban J connectivity index is 1.29. The Labute approximate surface area is 220 Å². The molecule has 2 aromatic rings. The van der Waals surface area contributed by atoms with Crippen molar-refractivity contribution in [1.29, 1.82) is 0 Å². The number of anilines is 2. The minimum absolute atomic E-state index is 0.0532. The molecular weight excluding hydrogens is 501 g/mol. The number of hydrogen-bond donors (Lipinski definition) is 3. The van der Waals surface area contributed by atoms with Gasteiger partial charge in [-0.25, -0.2) is 4.98 Å². The molecule has 2 fully saturated rings. The van der Waals surface area contributed by atoms with Crippen molar-refractivity contribution in [1.82, 2.24) is 15.3 Å². The highest BCUT2D eigenvalue weighted by Crippen LogP contribution is 2.31. The number of halogens is 3. The molecule has 12 heteroatoms. The number of para-hydroxylation sites is 1. The maximum Gasteiger partial charge on any atom is 0.573 e. The number of nitro groups is 1. The van der Waals surface area contributed by atoms with Crippen LogP contribution in [0.1, 0.15) is 63.4 Å². The summed E-state index contributed by atoms with van der Waals surface area (Å²) >= 11 is 0. The van der Waals surface area contributed by atoms with Gasteiger partial charge in [-0.05, 0) is 63.0 Å². The highest BCUT2D eigenvalue weighted by Gasteiger charge is 2.32. The first kappa shape index (κ1) is 27.9. The topological polar surface area (TPSA) is 114 Å². The maximum absolute atomic E-state index is 12.7. The Morgan fingerprint density at radius 1 is 0.974 bits per heavy atom. The van der Waals surface area contributed by atoms with Gasteiger partial charge in [0.2, 0.25) is 11.8 Å². The molecule has 3 N–H and O–H groups in total. The third kappa shape index (κ3) is 8.44. The Bertz CT molecular complexity index is 1060. The second-order valence-corrected chi connectivity index (χ2v) is 10.2. The summed E-state index contributed by atoms with van der Waals surface area (Å²) < 4.78 is 42.1. The SMILES string of the molecule is O=[N+]([O-])c1cnc(NCc2ccccc2OC(F)(F)F)nc1NCC1CCC(CNC2CCCCC2)CC1. The van der Waals surface area contributed by atoms with E-state index in [4.69, 9.17) is 0 Å². The zero-order valence-electron chi connectivity index (χ0n) is 21.3. The molecule has 0 unspecified atom stereocenters. The van der Waals surface area contributed by atoms with Crippen molar-refractivity contribution in [2.24, 2.45) is 11.8 Å². The zero-order chi connectivity index (χ0) is 27.0. The lowest BCUT2D eigenvalue weighted by atomic mass is 9.81. The largest absolute Gasteiger partial charge is 0.573 e. The van der Waals surface area contributed by atoms with Crippen LogP contribution in [0.2, 0.25) is 0 Å². The van der Waals surface area contributed by atoms with Gasteiger partial charge in [-0.2, -0.15) is 4.98 Å². The van der Waals surface area contributed by atoms with E-state index in [1.165, 1.54) is 50.3 Å². The predicted octanol–water partition coefficient (Wildman–Crippen LogP) is 6.04. The molecule has 0 bridgehead atoms. The highest BCUT2D eigenvalue weighted by atomic mass is 19.4. The molecule has 2 aliphatic rings. The van der Waals surface area contributed by atoms with E-state index in [-0.39, 0.29) is 35.3 Å². The number of rotatable bonds is 11. The van der Waals surface area contributed by atoms with Crippen molar-refractivity contribution >= 4 is 17.5 Å². The van der Waals surface area contributed by atoms with E-state index in [0.717, 1.165) is 38.4 Å². The fourth-order valence-corrected chi connectivity index (χ4v) is 5.29. The Kier molecular flexibility index (Phi) is 9.59. The summed E-state index contributed by atoms with van der Waals surface area (Å²) in [5, 5.41) is 21.2. The number of ether oxygens (including phenoxy) is 1. The molecule has 38 heavy (non-hydrogen) atoms. The quantitative estimate of drug-likeness (QED) is 0.235. The van der Waals surface area contributed by atoms with Gasteiger partial charge in [0.1, 0.15) is 11.9 Å². The molecule has 0 atom stereocenters. The normalized spacial score (nSPS) is 20.6. The molecule has 0 aliphatic heterocycles. The van der Waals surface area contributed by atoms with Gasteiger partial charge >= 0.3 is 12.0 Å². The molecule has 1 aromatic carbocycles. The fourth-order valence-electron chi connectivity index (χ4n) is 5.29. The first-order valence-electron chi connectivity index (χ1n) is 13.3. The Hall–Kier alpha value is -3.15. The first-order chi connectivity index (χ1) is 18.3. The van der Waals surface area contributed by atoms with Crippen LogP contribution in [0.3, 0.4) is 0 Å². The van der Waals surface area contributed by atoms with Crippen LogP contribution in [-0.4, -0.2) is 40.4 Å². The molecule has 4 rings (SSSR count). The molecule has 0 radical (unpaired) electrons. The van der Waals surface area contributed by atoms with E-state index >= 15 is 0 Å². The van der Waals surface area contributed by atoms with Crippen LogP contribution < -0.4 is 20.7 Å². The number of benzene rings is 1. The number of hydrogen-bond acceptors (Lipinski definition) is 8. The van der Waals surface area contributed by atoms with E-state index in [9.17, 15) is 23.3 Å². The molecule has 0 amide bonds. The van der Waals surface area contributed by atoms with E-state index in [2.05, 4.69) is 30.7 Å². The van der Waals surface area contributed by atoms with Crippen LogP contribution in [0.15, 0.2) is 30.5 Å². The van der Waals surface area contributed by atoms with Gasteiger partial charge < -0.3 is 20.7 Å². The Morgan fingerprint density at radius 3 is 2.34 bits per heavy atom. The molecule has 1 aromatic heterocycles. The summed E-state index contributed by atoms with van der Waals surface area (Å²) in [6, 6.07) is 6.39. The van der Waals surface area contributed by atoms with Gasteiger partial charge in [-0.3, -0.25) is 10.1 Å². The summed E-state index contributed by atoms with van der Waals surface area (Å²) in [4.78, 5) is 19.2. The third-order valence-corrected chi connectivity index (χ3v) is 7.43. The maximum atomic E-state index is 12.7. The Morgan fingerprint density at radius 2 is 1.66 bits per heavy atom. The number of nitrogens with zero attached hydrogens (tertiary/aromatic N) is 3. The summed E-state index contributed by atoms with van der Waals surface area (Å²) in [6.07, 6.45) is 7.19. The fraction of sp³-hybridized carbons (Fsp3) is 0.615. The molecule has 0 spiro atoms. The first-order valence-corrected chi connectivity index (χ1v) is 13.3. The van der Waals surface area contributed by atoms with Gasteiger partial charge in [-0.1, -0.05) is 37.5 Å². The average Bonchev–Trinajstić information content (AvgIpc) is 2.90. The van der Waals surface area contributed by atoms with Crippen LogP contribution in [0.25, 0.3) is 0 Å². The second-order valence-electron chi connectivity index (χ2n) is 10.2. The van der Waals surface area contributed by atoms with Crippen molar-refractivity contribution in [3.8, 4) is 5.75 Å². The summed E-state index contributed by atoms with van der Waals surface area (Å²) in [5.41, 5.74) is -0.00209. The molecule has 0 saturated heterocycles. The van der Waals surface area contributed by atoms with Gasteiger partial charge in [-0.15, -0.1) is 13.2 Å². The van der Waals surface area contributed by atoms with E-state index < -0.39 is 11.3 Å². The zero-order valence-corrected chi connectivity index (χ0v) is 21.3. The van der Waals surface area contributed by atoms with Gasteiger partial charge in [0.05, 0.1) is 4.92 Å². The van der Waals surface area contributed by atoms with Gasteiger partial charge in [0, 0.05) is 24.7 Å². The predicted molar refractivity (Wildman–Crippen MR) is 138 cm³/mol. The average molecular weight is 537 g/mol. The summed E-state index contributed by atoms with van der Waals surface area (Å²) in [5.74, 6) is 0.878. The highest BCUT2D eigenvalue weighted by molar-refractivity contribution is 5.57. The minimum atomic E-state index is -4.82. The van der Waals surface area contributed by atoms with Gasteiger partial charge in [0.25, 0.3) is 0 Å². The van der Waals surface area contributed by atoms with E-state index in [1.54, 1.807) is 6.07 Å². The smallest absolute Gasteiger partial charge is 0.405 e. The van der Waals surface area contributed by atoms with Crippen molar-refractivity contribution < 1.29 is 22.8 Å². The van der Waals surface area contributed by atoms with Gasteiger partial charge in [0.15, 0.2) is 0 Å². The number of alkyl halides is 3. The van der Waals surface area contributed by atoms with Crippen LogP contribution in [0, 0.1) is 22.0 Å². The standard InChI is InChI=1S/C26H35F3N6O3/c27-26(28,29)38-23-9-5-4-6-20(23)16-32-25-33-17-22(35(36)37)24(34-25)31-15-19-12-10-18(11-13-19)14-30-21-7-2-1-3-8-21/h4-6,9,17-19,21,30H,1-3,7-8,10-16H2,(H2,31,32,33,34). The molecule has 2 saturated carbocycles. The van der Waals surface area contributed by atoms with Crippen LogP contribution in [0.4, 0.5) is 30.6 Å². The molecule has 9 nitrogen and oxygen atoms in total. The minimum Gasteiger partial charge on any atom is -0.405 e. The van der Waals surface area contributed by atoms with Crippen molar-refractivity contribution in [2.75, 3.05) is 23.7 Å². The number of nitrogens with one attached hydrogen (secondary N) is 3. The lowest BCUT2D eigenvalue weighted by Crippen LogP contribution is -2.36. The number of aromatic nitrogens is 2. The van der Waals surface area contributed by atoms with Crippen LogP contribution in [-0.2, 0) is 6.54 Å². The second kappa shape index (κ2) is 13.1. The van der Waals surface area contributed by atoms with Crippen LogP contribution >= 0.6 is 0 Å². The molecule has 2 aliphatic carbocycles. The molecule has 208 valence electrons. The monoisotopic (exact) mass is 536 g/mol. The lowest BCUT2D eigenvalue weighted by Gasteiger charge is -2.31. The molecule has 1 heterocycles. The molecular formula is C26H35F3N6O3. The van der Waals surface area contributed by atoms with Crippen molar-refractivity contribution in [2.45, 2.75) is 76.7 Å². The van der Waals surface area contributed by atoms with Crippen molar-refractivity contribution in [3.05, 3.63) is 46.1 Å². The summed E-state index contributed by atoms with van der Waals surface area (Å²) in [7, 11) is 0. The lowest BCUT2D eigenvalue weighted by molar-refractivity contribution is -0.384. The van der Waals surface area contributed by atoms with Crippen LogP contribution in [0.5, 0.6) is 5.75 Å². The summed E-state index contributed by atoms with van der Waals surface area (Å²) in [6.45, 7) is 1.57. The van der Waals surface area contributed by atoms with E-state index in [1.807, 2.05) is 0 Å². The third-order valence-electron chi connectivity index (χ3n) is 7.43. The van der Waals surface area contributed by atoms with Crippen molar-refractivity contribution in [3.63, 3.8) is 0 Å².